The Bertz CT molecular complexity index is 1530. The number of aliphatic hydroxyl groups is 11. The lowest BCUT2D eigenvalue weighted by Crippen LogP contribution is -2.66. The highest BCUT2D eigenvalue weighted by atomic mass is 16.8. The second kappa shape index (κ2) is 35.6. The van der Waals surface area contributed by atoms with E-state index in [1.165, 1.54) is 19.3 Å². The molecule has 19 heteroatoms. The van der Waals surface area contributed by atoms with Crippen molar-refractivity contribution in [1.82, 2.24) is 5.32 Å². The van der Waals surface area contributed by atoms with Gasteiger partial charge in [-0.15, -0.1) is 0 Å². The summed E-state index contributed by atoms with van der Waals surface area (Å²) in [6, 6.07) is -0.975. The maximum Gasteiger partial charge on any atom is 0.220 e. The van der Waals surface area contributed by atoms with Crippen LogP contribution < -0.4 is 5.32 Å². The van der Waals surface area contributed by atoms with Crippen molar-refractivity contribution in [3.05, 3.63) is 60.8 Å². The Kier molecular flexibility index (Phi) is 31.4. The molecule has 3 fully saturated rings. The van der Waals surface area contributed by atoms with E-state index in [0.717, 1.165) is 70.6 Å². The monoisotopic (exact) mass is 1000 g/mol. The van der Waals surface area contributed by atoms with Gasteiger partial charge >= 0.3 is 0 Å². The molecule has 3 aliphatic rings. The van der Waals surface area contributed by atoms with E-state index in [2.05, 4.69) is 60.8 Å². The van der Waals surface area contributed by atoms with Gasteiger partial charge < -0.3 is 89.9 Å². The van der Waals surface area contributed by atoms with Gasteiger partial charge in [-0.25, -0.2) is 0 Å². The van der Waals surface area contributed by atoms with Crippen molar-refractivity contribution in [3.8, 4) is 0 Å². The van der Waals surface area contributed by atoms with Crippen LogP contribution in [0.1, 0.15) is 123 Å². The lowest BCUT2D eigenvalue weighted by molar-refractivity contribution is -0.379. The van der Waals surface area contributed by atoms with Crippen molar-refractivity contribution in [2.75, 3.05) is 26.4 Å². The van der Waals surface area contributed by atoms with Gasteiger partial charge in [-0.2, -0.15) is 0 Å². The van der Waals surface area contributed by atoms with Crippen LogP contribution in [0.2, 0.25) is 0 Å². The van der Waals surface area contributed by atoms with E-state index in [1.54, 1.807) is 12.2 Å². The largest absolute Gasteiger partial charge is 0.394 e. The molecule has 19 nitrogen and oxygen atoms in total. The molecule has 0 spiro atoms. The highest BCUT2D eigenvalue weighted by Crippen LogP contribution is 2.33. The minimum atomic E-state index is -1.98. The molecule has 0 aromatic carbocycles. The van der Waals surface area contributed by atoms with Crippen molar-refractivity contribution >= 4 is 5.91 Å². The van der Waals surface area contributed by atoms with Gasteiger partial charge in [-0.3, -0.25) is 4.79 Å². The Labute approximate surface area is 414 Å². The van der Waals surface area contributed by atoms with Crippen LogP contribution in [0.5, 0.6) is 0 Å². The average molecular weight is 1000 g/mol. The van der Waals surface area contributed by atoms with Crippen LogP contribution in [0.15, 0.2) is 60.8 Å². The van der Waals surface area contributed by atoms with Crippen molar-refractivity contribution in [2.24, 2.45) is 0 Å². The van der Waals surface area contributed by atoms with Crippen LogP contribution in [0.25, 0.3) is 0 Å². The number of carbonyl (C=O) groups is 1. The van der Waals surface area contributed by atoms with Gasteiger partial charge in [0.1, 0.15) is 73.2 Å². The topological polar surface area (TPSA) is 307 Å². The summed E-state index contributed by atoms with van der Waals surface area (Å²) in [6.45, 7) is 1.38. The van der Waals surface area contributed by atoms with Crippen molar-refractivity contribution in [3.63, 3.8) is 0 Å². The minimum absolute atomic E-state index is 0.228. The van der Waals surface area contributed by atoms with E-state index in [0.29, 0.717) is 12.8 Å². The molecule has 1 amide bonds. The summed E-state index contributed by atoms with van der Waals surface area (Å²) < 4.78 is 33.9. The van der Waals surface area contributed by atoms with Gasteiger partial charge in [0.25, 0.3) is 0 Å². The zero-order valence-corrected chi connectivity index (χ0v) is 41.2. The van der Waals surface area contributed by atoms with Gasteiger partial charge in [0, 0.05) is 6.42 Å². The first-order valence-electron chi connectivity index (χ1n) is 25.5. The fourth-order valence-electron chi connectivity index (χ4n) is 8.28. The Balaban J connectivity index is 1.44. The fourth-order valence-corrected chi connectivity index (χ4v) is 8.28. The molecule has 17 atom stereocenters. The van der Waals surface area contributed by atoms with E-state index < -0.39 is 124 Å². The summed E-state index contributed by atoms with van der Waals surface area (Å²) in [5, 5.41) is 119. The molecular formula is C51H87NO18. The van der Waals surface area contributed by atoms with Gasteiger partial charge in [-0.05, 0) is 51.4 Å². The summed E-state index contributed by atoms with van der Waals surface area (Å²) in [6.07, 6.45) is 10.3. The Morgan fingerprint density at radius 1 is 0.529 bits per heavy atom. The molecule has 0 aliphatic carbocycles. The van der Waals surface area contributed by atoms with Crippen LogP contribution >= 0.6 is 0 Å². The molecule has 3 heterocycles. The third-order valence-corrected chi connectivity index (χ3v) is 12.6. The lowest BCUT2D eigenvalue weighted by Gasteiger charge is -2.48. The number of hydrogen-bond donors (Lipinski definition) is 12. The van der Waals surface area contributed by atoms with Gasteiger partial charge in [0.15, 0.2) is 18.9 Å². The van der Waals surface area contributed by atoms with E-state index in [-0.39, 0.29) is 18.9 Å². The van der Waals surface area contributed by atoms with Gasteiger partial charge in [0.2, 0.25) is 5.91 Å². The van der Waals surface area contributed by atoms with E-state index in [9.17, 15) is 61.0 Å². The maximum absolute atomic E-state index is 13.1. The highest BCUT2D eigenvalue weighted by Gasteiger charge is 2.53. The molecule has 404 valence electrons. The first-order valence-corrected chi connectivity index (χ1v) is 25.5. The van der Waals surface area contributed by atoms with Crippen LogP contribution in [0.4, 0.5) is 0 Å². The van der Waals surface area contributed by atoms with E-state index >= 15 is 0 Å². The third kappa shape index (κ3) is 21.1. The molecule has 0 bridgehead atoms. The number of ether oxygens (including phenoxy) is 6. The zero-order chi connectivity index (χ0) is 51.3. The van der Waals surface area contributed by atoms with Crippen LogP contribution in [-0.4, -0.2) is 193 Å². The molecular weight excluding hydrogens is 915 g/mol. The summed E-state index contributed by atoms with van der Waals surface area (Å²) in [4.78, 5) is 13.1. The van der Waals surface area contributed by atoms with Crippen LogP contribution in [-0.2, 0) is 33.2 Å². The number of unbranched alkanes of at least 4 members (excludes halogenated alkanes) is 10. The molecule has 17 unspecified atom stereocenters. The van der Waals surface area contributed by atoms with Crippen molar-refractivity contribution in [2.45, 2.75) is 227 Å². The molecule has 70 heavy (non-hydrogen) atoms. The normalized spacial score (nSPS) is 33.1. The molecule has 0 aromatic rings. The van der Waals surface area contributed by atoms with E-state index in [4.69, 9.17) is 28.4 Å². The van der Waals surface area contributed by atoms with E-state index in [1.807, 2.05) is 6.92 Å². The summed E-state index contributed by atoms with van der Waals surface area (Å²) in [5.74, 6) is -0.299. The van der Waals surface area contributed by atoms with Crippen molar-refractivity contribution in [1.29, 1.82) is 0 Å². The first-order chi connectivity index (χ1) is 33.8. The minimum Gasteiger partial charge on any atom is -0.394 e. The lowest BCUT2D eigenvalue weighted by atomic mass is 9.96. The first kappa shape index (κ1) is 61.8. The highest BCUT2D eigenvalue weighted by molar-refractivity contribution is 5.76. The van der Waals surface area contributed by atoms with Crippen molar-refractivity contribution < 1.29 is 89.4 Å². The predicted molar refractivity (Wildman–Crippen MR) is 258 cm³/mol. The molecule has 0 aromatic heterocycles. The maximum atomic E-state index is 13.1. The SMILES string of the molecule is CC/C=C\C/C=C\C/C=C\C/C=C\CCCCCCCCCCC(=O)NC(COC1OC(CO)C(OC2OC(CO)C(OC3OC(CO)C(O)C(O)C3O)C(O)C2O)C(O)C1O)C(O)/C=C/CCCC. The number of nitrogens with one attached hydrogen (secondary N) is 1. The molecule has 3 rings (SSSR count). The molecule has 0 saturated carbocycles. The number of carbonyl (C=O) groups excluding carboxylic acids is 1. The Morgan fingerprint density at radius 2 is 0.986 bits per heavy atom. The quantitative estimate of drug-likeness (QED) is 0.0323. The zero-order valence-electron chi connectivity index (χ0n) is 41.2. The summed E-state index contributed by atoms with van der Waals surface area (Å²) in [7, 11) is 0. The van der Waals surface area contributed by atoms with Gasteiger partial charge in [-0.1, -0.05) is 126 Å². The predicted octanol–water partition coefficient (Wildman–Crippen LogP) is 1.75. The number of amides is 1. The number of hydrogen-bond acceptors (Lipinski definition) is 18. The van der Waals surface area contributed by atoms with Crippen LogP contribution in [0.3, 0.4) is 0 Å². The smallest absolute Gasteiger partial charge is 0.220 e. The standard InChI is InChI=1S/C51H87NO18/c1-3-5-7-9-10-11-12-13-14-15-16-17-18-19-20-21-22-23-24-25-27-29-39(57)52-34(35(56)28-26-8-6-4-2)33-65-49-45(63)42(60)47(37(31-54)67-49)70-51-46(64)43(61)48(38(32-55)68-51)69-50-44(62)41(59)40(58)36(30-53)66-50/h5,7,10-11,13-14,16-17,26,28,34-38,40-51,53-56,58-64H,3-4,6,8-9,12,15,18-25,27,29-33H2,1-2H3,(H,52,57)/b7-5-,11-10-,14-13-,17-16-,28-26+. The molecule has 3 saturated heterocycles. The second-order valence-corrected chi connectivity index (χ2v) is 18.2. The Hall–Kier alpha value is -2.51. The second-order valence-electron chi connectivity index (χ2n) is 18.2. The average Bonchev–Trinajstić information content (AvgIpc) is 3.35. The summed E-state index contributed by atoms with van der Waals surface area (Å²) >= 11 is 0. The number of rotatable bonds is 34. The molecule has 0 radical (unpaired) electrons. The summed E-state index contributed by atoms with van der Waals surface area (Å²) in [5.41, 5.74) is 0. The van der Waals surface area contributed by atoms with Gasteiger partial charge in [0.05, 0.1) is 38.6 Å². The molecule has 3 aliphatic heterocycles. The Morgan fingerprint density at radius 3 is 1.53 bits per heavy atom. The fraction of sp³-hybridized carbons (Fsp3) is 0.784. The number of aliphatic hydroxyl groups excluding tert-OH is 11. The number of allylic oxidation sites excluding steroid dienone is 9. The molecule has 12 N–H and O–H groups in total. The third-order valence-electron chi connectivity index (χ3n) is 12.6. The van der Waals surface area contributed by atoms with Crippen LogP contribution in [0, 0.1) is 0 Å².